The normalized spacial score (nSPS) is 23.7. The molecule has 2 heterocycles. The number of carboxylic acid groups (broad SMARTS) is 3. The molecule has 1 fully saturated rings. The fourth-order valence-electron chi connectivity index (χ4n) is 6.49. The third-order valence-corrected chi connectivity index (χ3v) is 8.81. The van der Waals surface area contributed by atoms with Crippen molar-refractivity contribution in [2.75, 3.05) is 14.1 Å². The van der Waals surface area contributed by atoms with Gasteiger partial charge in [0, 0.05) is 27.9 Å². The van der Waals surface area contributed by atoms with Gasteiger partial charge in [-0.25, -0.2) is 4.79 Å². The van der Waals surface area contributed by atoms with Crippen LogP contribution in [0.3, 0.4) is 0 Å². The maximum Gasteiger partial charge on any atom is 0.336 e. The molecular weight excluding hydrogens is 564 g/mol. The number of halogens is 1. The Morgan fingerprint density at radius 1 is 1.00 bits per heavy atom. The van der Waals surface area contributed by atoms with Gasteiger partial charge >= 0.3 is 17.9 Å². The molecule has 5 N–H and O–H groups in total. The second kappa shape index (κ2) is 12.0. The van der Waals surface area contributed by atoms with Gasteiger partial charge in [0.15, 0.2) is 5.60 Å². The van der Waals surface area contributed by atoms with Gasteiger partial charge in [-0.1, -0.05) is 41.9 Å². The van der Waals surface area contributed by atoms with Crippen molar-refractivity contribution in [1.29, 1.82) is 0 Å². The lowest BCUT2D eigenvalue weighted by Gasteiger charge is -2.51. The van der Waals surface area contributed by atoms with Gasteiger partial charge in [-0.15, -0.1) is 0 Å². The Morgan fingerprint density at radius 2 is 1.60 bits per heavy atom. The largest absolute Gasteiger partial charge is 0.481 e. The van der Waals surface area contributed by atoms with Gasteiger partial charge in [0.25, 0.3) is 0 Å². The molecule has 2 aromatic carbocycles. The molecule has 1 aliphatic carbocycles. The zero-order valence-electron chi connectivity index (χ0n) is 23.9. The first-order valence-corrected chi connectivity index (χ1v) is 14.2. The number of H-pyrrole nitrogens is 1. The van der Waals surface area contributed by atoms with Gasteiger partial charge < -0.3 is 30.1 Å². The number of rotatable bonds is 7. The quantitative estimate of drug-likeness (QED) is 0.257. The molecule has 42 heavy (non-hydrogen) atoms. The number of ether oxygens (including phenoxy) is 1. The number of carbonyl (C=O) groups is 3. The lowest BCUT2D eigenvalue weighted by Crippen LogP contribution is -2.51. The lowest BCUT2D eigenvalue weighted by atomic mass is 9.67. The molecule has 1 aromatic heterocycles. The van der Waals surface area contributed by atoms with E-state index in [0.29, 0.717) is 0 Å². The highest BCUT2D eigenvalue weighted by Gasteiger charge is 2.50. The highest BCUT2D eigenvalue weighted by atomic mass is 35.5. The van der Waals surface area contributed by atoms with Crippen molar-refractivity contribution in [2.45, 2.75) is 74.7 Å². The summed E-state index contributed by atoms with van der Waals surface area (Å²) in [5.41, 5.74) is 2.36. The second-order valence-electron chi connectivity index (χ2n) is 11.6. The second-order valence-corrected chi connectivity index (χ2v) is 12.0. The van der Waals surface area contributed by atoms with Gasteiger partial charge in [0.1, 0.15) is 5.60 Å². The van der Waals surface area contributed by atoms with Crippen molar-refractivity contribution in [3.8, 4) is 0 Å². The van der Waals surface area contributed by atoms with E-state index in [9.17, 15) is 14.4 Å². The monoisotopic (exact) mass is 600 g/mol. The minimum Gasteiger partial charge on any atom is -0.481 e. The summed E-state index contributed by atoms with van der Waals surface area (Å²) in [6.07, 6.45) is 3.04. The van der Waals surface area contributed by atoms with E-state index in [2.05, 4.69) is 73.4 Å². The van der Waals surface area contributed by atoms with Crippen LogP contribution < -0.4 is 0 Å². The van der Waals surface area contributed by atoms with Crippen molar-refractivity contribution in [3.05, 3.63) is 70.4 Å². The summed E-state index contributed by atoms with van der Waals surface area (Å²) in [5, 5.41) is 35.9. The zero-order valence-corrected chi connectivity index (χ0v) is 24.6. The molecule has 226 valence electrons. The van der Waals surface area contributed by atoms with Crippen LogP contribution in [0, 0.1) is 0 Å². The molecule has 1 aliphatic heterocycles. The number of nitrogens with zero attached hydrogens (tertiary/aromatic N) is 1. The van der Waals surface area contributed by atoms with Crippen LogP contribution in [-0.4, -0.2) is 74.0 Å². The number of hydrogen-bond acceptors (Lipinski definition) is 6. The molecule has 1 spiro atoms. The number of nitrogens with one attached hydrogen (secondary N) is 1. The van der Waals surface area contributed by atoms with E-state index in [1.54, 1.807) is 0 Å². The van der Waals surface area contributed by atoms with Crippen molar-refractivity contribution < 1.29 is 39.5 Å². The molecule has 0 radical (unpaired) electrons. The number of aliphatic hydroxyl groups is 1. The average Bonchev–Trinajstić information content (AvgIpc) is 3.27. The standard InChI is InChI=1S/C25H29ClN2O.C6H8O7/c1-17-15-21-20-16-19(26)9-10-22(20)27-23(21)25(29-17)13-11-24(12-14-25,28(2)3)18-7-5-4-6-8-18;7-3(8)1-6(13,5(11)12)2-4(9)10/h4-10,16-17,27H,11-15H2,1-3H3;13H,1-2H2,(H,7,8)(H,9,10)(H,11,12). The minimum atomic E-state index is -2.74. The third kappa shape index (κ3) is 6.17. The molecule has 1 atom stereocenters. The van der Waals surface area contributed by atoms with E-state index in [1.165, 1.54) is 27.7 Å². The average molecular weight is 601 g/mol. The Labute approximate surface area is 248 Å². The number of aliphatic carboxylic acids is 3. The smallest absolute Gasteiger partial charge is 0.336 e. The van der Waals surface area contributed by atoms with Crippen LogP contribution in [0.1, 0.15) is 62.3 Å². The molecule has 5 rings (SSSR count). The van der Waals surface area contributed by atoms with E-state index in [-0.39, 0.29) is 17.2 Å². The van der Waals surface area contributed by atoms with Gasteiger partial charge in [0.05, 0.1) is 24.6 Å². The van der Waals surface area contributed by atoms with E-state index < -0.39 is 36.4 Å². The van der Waals surface area contributed by atoms with Crippen molar-refractivity contribution in [3.63, 3.8) is 0 Å². The summed E-state index contributed by atoms with van der Waals surface area (Å²) >= 11 is 6.32. The lowest BCUT2D eigenvalue weighted by molar-refractivity contribution is -0.170. The molecule has 1 unspecified atom stereocenters. The topological polar surface area (TPSA) is 160 Å². The van der Waals surface area contributed by atoms with Crippen LogP contribution in [0.5, 0.6) is 0 Å². The summed E-state index contributed by atoms with van der Waals surface area (Å²) < 4.78 is 6.73. The van der Waals surface area contributed by atoms with Gasteiger partial charge in [-0.3, -0.25) is 14.5 Å². The molecule has 0 amide bonds. The summed E-state index contributed by atoms with van der Waals surface area (Å²) in [6.45, 7) is 2.21. The Kier molecular flexibility index (Phi) is 9.03. The van der Waals surface area contributed by atoms with Crippen LogP contribution in [-0.2, 0) is 36.7 Å². The minimum absolute atomic E-state index is 0.0615. The first kappa shape index (κ1) is 31.5. The van der Waals surface area contributed by atoms with E-state index >= 15 is 0 Å². The predicted octanol–water partition coefficient (Wildman–Crippen LogP) is 4.76. The highest BCUT2D eigenvalue weighted by molar-refractivity contribution is 6.31. The Bertz CT molecular complexity index is 1440. The molecule has 10 nitrogen and oxygen atoms in total. The number of carboxylic acids is 3. The maximum absolute atomic E-state index is 10.3. The molecule has 0 saturated heterocycles. The van der Waals surface area contributed by atoms with Crippen LogP contribution in [0.4, 0.5) is 0 Å². The van der Waals surface area contributed by atoms with Gasteiger partial charge in [0.2, 0.25) is 0 Å². The molecule has 1 saturated carbocycles. The van der Waals surface area contributed by atoms with Crippen LogP contribution >= 0.6 is 11.6 Å². The third-order valence-electron chi connectivity index (χ3n) is 8.58. The summed E-state index contributed by atoms with van der Waals surface area (Å²) in [5.74, 6) is -5.02. The van der Waals surface area contributed by atoms with E-state index in [1.807, 2.05) is 6.07 Å². The van der Waals surface area contributed by atoms with E-state index in [4.69, 9.17) is 36.8 Å². The summed E-state index contributed by atoms with van der Waals surface area (Å²) in [6, 6.07) is 17.1. The van der Waals surface area contributed by atoms with Crippen molar-refractivity contribution in [2.24, 2.45) is 0 Å². The van der Waals surface area contributed by atoms with Crippen LogP contribution in [0.2, 0.25) is 5.02 Å². The van der Waals surface area contributed by atoms with E-state index in [0.717, 1.165) is 37.1 Å². The molecule has 11 heteroatoms. The fourth-order valence-corrected chi connectivity index (χ4v) is 6.66. The Morgan fingerprint density at radius 3 is 2.12 bits per heavy atom. The number of benzene rings is 2. The first-order chi connectivity index (χ1) is 19.7. The first-order valence-electron chi connectivity index (χ1n) is 13.8. The van der Waals surface area contributed by atoms with Crippen molar-refractivity contribution in [1.82, 2.24) is 9.88 Å². The number of hydrogen-bond donors (Lipinski definition) is 5. The number of aromatic nitrogens is 1. The Hall–Kier alpha value is -3.44. The van der Waals surface area contributed by atoms with Crippen LogP contribution in [0.15, 0.2) is 48.5 Å². The van der Waals surface area contributed by atoms with Crippen molar-refractivity contribution >= 4 is 40.4 Å². The number of aromatic amines is 1. The van der Waals surface area contributed by atoms with Gasteiger partial charge in [-0.05, 0) is 76.0 Å². The summed E-state index contributed by atoms with van der Waals surface area (Å²) in [7, 11) is 4.43. The zero-order chi connectivity index (χ0) is 30.9. The molecule has 0 bridgehead atoms. The highest BCUT2D eigenvalue weighted by Crippen LogP contribution is 2.53. The SMILES string of the molecule is CC1Cc2c([nH]c3ccc(Cl)cc23)C2(CCC(c3ccccc3)(N(C)C)CC2)O1.O=C(O)CC(O)(CC(=O)O)C(=O)O. The predicted molar refractivity (Wildman–Crippen MR) is 157 cm³/mol. The van der Waals surface area contributed by atoms with Gasteiger partial charge in [-0.2, -0.15) is 0 Å². The summed E-state index contributed by atoms with van der Waals surface area (Å²) in [4.78, 5) is 36.6. The van der Waals surface area contributed by atoms with Crippen LogP contribution in [0.25, 0.3) is 10.9 Å². The molecule has 3 aromatic rings. The fraction of sp³-hybridized carbons (Fsp3) is 0.452. The molecular formula is C31H37ClN2O8. The maximum atomic E-state index is 10.3. The number of fused-ring (bicyclic) bond motifs is 4. The molecule has 2 aliphatic rings. The Balaban J connectivity index is 0.000000266.